The monoisotopic (exact) mass is 389 g/mol. The second-order valence-electron chi connectivity index (χ2n) is 6.88. The van der Waals surface area contributed by atoms with E-state index in [9.17, 15) is 18.5 Å². The van der Waals surface area contributed by atoms with Crippen LogP contribution in [-0.2, 0) is 10.0 Å². The minimum Gasteiger partial charge on any atom is -0.359 e. The molecule has 1 aliphatic rings. The number of nitro groups is 1. The molecule has 1 N–H and O–H groups in total. The van der Waals surface area contributed by atoms with Crippen LogP contribution < -0.4 is 9.62 Å². The molecule has 2 aromatic rings. The van der Waals surface area contributed by atoms with Gasteiger partial charge in [-0.05, 0) is 43.5 Å². The highest BCUT2D eigenvalue weighted by atomic mass is 32.2. The minimum atomic E-state index is -3.75. The topological polar surface area (TPSA) is 92.6 Å². The van der Waals surface area contributed by atoms with Crippen LogP contribution in [0.1, 0.15) is 31.4 Å². The lowest BCUT2D eigenvalue weighted by molar-refractivity contribution is -0.384. The fraction of sp³-hybridized carbons (Fsp3) is 0.368. The predicted octanol–water partition coefficient (Wildman–Crippen LogP) is 3.48. The van der Waals surface area contributed by atoms with Crippen molar-refractivity contribution in [1.82, 2.24) is 4.72 Å². The van der Waals surface area contributed by atoms with E-state index in [4.69, 9.17) is 0 Å². The molecule has 1 fully saturated rings. The number of hydrogen-bond acceptors (Lipinski definition) is 5. The van der Waals surface area contributed by atoms with Crippen molar-refractivity contribution < 1.29 is 13.3 Å². The second kappa shape index (κ2) is 7.66. The fourth-order valence-electron chi connectivity index (χ4n) is 3.62. The van der Waals surface area contributed by atoms with Crippen LogP contribution >= 0.6 is 0 Å². The molecule has 8 heteroatoms. The van der Waals surface area contributed by atoms with Crippen LogP contribution in [0.3, 0.4) is 0 Å². The third-order valence-electron chi connectivity index (χ3n) is 5.03. The van der Waals surface area contributed by atoms with E-state index in [0.717, 1.165) is 24.5 Å². The van der Waals surface area contributed by atoms with Gasteiger partial charge in [-0.2, -0.15) is 0 Å². The Morgan fingerprint density at radius 3 is 2.48 bits per heavy atom. The highest BCUT2D eigenvalue weighted by molar-refractivity contribution is 7.89. The Bertz CT molecular complexity index is 931. The number of benzene rings is 2. The Labute approximate surface area is 159 Å². The maximum absolute atomic E-state index is 12.1. The molecular formula is C19H23N3O4S. The van der Waals surface area contributed by atoms with Gasteiger partial charge < -0.3 is 4.90 Å². The van der Waals surface area contributed by atoms with Crippen LogP contribution in [0.5, 0.6) is 0 Å². The van der Waals surface area contributed by atoms with Gasteiger partial charge in [0.15, 0.2) is 0 Å². The van der Waals surface area contributed by atoms with Crippen molar-refractivity contribution in [2.45, 2.75) is 30.7 Å². The molecule has 1 saturated heterocycles. The summed E-state index contributed by atoms with van der Waals surface area (Å²) in [5.74, 6) is 0.394. The van der Waals surface area contributed by atoms with Crippen LogP contribution in [0.4, 0.5) is 11.4 Å². The number of anilines is 1. The zero-order valence-electron chi connectivity index (χ0n) is 15.3. The predicted molar refractivity (Wildman–Crippen MR) is 104 cm³/mol. The highest BCUT2D eigenvalue weighted by Gasteiger charge is 2.32. The van der Waals surface area contributed by atoms with Crippen molar-refractivity contribution >= 4 is 21.4 Å². The summed E-state index contributed by atoms with van der Waals surface area (Å²) in [7, 11) is -2.47. The van der Waals surface area contributed by atoms with E-state index in [0.29, 0.717) is 18.2 Å². The van der Waals surface area contributed by atoms with E-state index < -0.39 is 14.9 Å². The number of hydrogen-bond donors (Lipinski definition) is 1. The van der Waals surface area contributed by atoms with Crippen LogP contribution in [0.25, 0.3) is 0 Å². The molecule has 2 atom stereocenters. The van der Waals surface area contributed by atoms with Crippen LogP contribution in [0.15, 0.2) is 53.4 Å². The van der Waals surface area contributed by atoms with Gasteiger partial charge in [0.1, 0.15) is 5.69 Å². The Kier molecular flexibility index (Phi) is 5.48. The molecule has 2 aromatic carbocycles. The molecule has 0 unspecified atom stereocenters. The summed E-state index contributed by atoms with van der Waals surface area (Å²) in [4.78, 5) is 13.1. The molecule has 7 nitrogen and oxygen atoms in total. The van der Waals surface area contributed by atoms with Crippen molar-refractivity contribution in [3.8, 4) is 0 Å². The van der Waals surface area contributed by atoms with E-state index in [-0.39, 0.29) is 16.6 Å². The zero-order chi connectivity index (χ0) is 19.6. The maximum atomic E-state index is 12.1. The number of nitro benzene ring substituents is 1. The first-order valence-electron chi connectivity index (χ1n) is 8.87. The van der Waals surface area contributed by atoms with Gasteiger partial charge in [-0.1, -0.05) is 37.3 Å². The summed E-state index contributed by atoms with van der Waals surface area (Å²) in [6.45, 7) is 2.80. The standard InChI is InChI=1S/C19H23N3O4S/c1-14-8-10-17(15-6-4-3-5-7-15)21(13-14)18-11-9-16(27(25,26)20-2)12-19(18)22(23)24/h3-7,9,11-12,14,17,20H,8,10,13H2,1-2H3/t14-,17+/m0/s1. The molecular weight excluding hydrogens is 366 g/mol. The number of nitrogens with zero attached hydrogens (tertiary/aromatic N) is 2. The quantitative estimate of drug-likeness (QED) is 0.624. The first-order valence-corrected chi connectivity index (χ1v) is 10.4. The van der Waals surface area contributed by atoms with Crippen LogP contribution in [0.2, 0.25) is 0 Å². The molecule has 0 amide bonds. The van der Waals surface area contributed by atoms with E-state index in [1.165, 1.54) is 13.1 Å². The van der Waals surface area contributed by atoms with E-state index in [2.05, 4.69) is 11.6 Å². The van der Waals surface area contributed by atoms with Gasteiger partial charge in [0.25, 0.3) is 5.69 Å². The van der Waals surface area contributed by atoms with Crippen LogP contribution in [0, 0.1) is 16.0 Å². The Morgan fingerprint density at radius 2 is 1.85 bits per heavy atom. The van der Waals surface area contributed by atoms with Crippen molar-refractivity contribution in [2.24, 2.45) is 5.92 Å². The second-order valence-corrected chi connectivity index (χ2v) is 8.76. The number of piperidine rings is 1. The lowest BCUT2D eigenvalue weighted by atomic mass is 9.89. The summed E-state index contributed by atoms with van der Waals surface area (Å²) in [6.07, 6.45) is 1.93. The molecule has 3 rings (SSSR count). The average molecular weight is 389 g/mol. The van der Waals surface area contributed by atoms with E-state index >= 15 is 0 Å². The van der Waals surface area contributed by atoms with Crippen LogP contribution in [-0.4, -0.2) is 26.9 Å². The lowest BCUT2D eigenvalue weighted by Gasteiger charge is -2.40. The van der Waals surface area contributed by atoms with Crippen molar-refractivity contribution in [1.29, 1.82) is 0 Å². The van der Waals surface area contributed by atoms with Gasteiger partial charge in [0.2, 0.25) is 10.0 Å². The Morgan fingerprint density at radius 1 is 1.15 bits per heavy atom. The number of rotatable bonds is 5. The third kappa shape index (κ3) is 3.96. The molecule has 0 radical (unpaired) electrons. The first kappa shape index (κ1) is 19.3. The first-order chi connectivity index (χ1) is 12.8. The molecule has 0 spiro atoms. The van der Waals surface area contributed by atoms with Gasteiger partial charge in [-0.15, -0.1) is 0 Å². The van der Waals surface area contributed by atoms with Gasteiger partial charge in [-0.3, -0.25) is 10.1 Å². The summed E-state index contributed by atoms with van der Waals surface area (Å²) in [5, 5.41) is 11.7. The maximum Gasteiger partial charge on any atom is 0.293 e. The molecule has 0 aromatic heterocycles. The van der Waals surface area contributed by atoms with Crippen molar-refractivity contribution in [2.75, 3.05) is 18.5 Å². The van der Waals surface area contributed by atoms with Crippen molar-refractivity contribution in [3.05, 3.63) is 64.2 Å². The molecule has 1 heterocycles. The number of sulfonamides is 1. The smallest absolute Gasteiger partial charge is 0.293 e. The molecule has 27 heavy (non-hydrogen) atoms. The summed E-state index contributed by atoms with van der Waals surface area (Å²) in [5.41, 5.74) is 1.36. The molecule has 144 valence electrons. The SMILES string of the molecule is CNS(=O)(=O)c1ccc(N2C[C@@H](C)CC[C@@H]2c2ccccc2)c([N+](=O)[O-])c1. The lowest BCUT2D eigenvalue weighted by Crippen LogP contribution is -2.37. The molecule has 0 bridgehead atoms. The van der Waals surface area contributed by atoms with Gasteiger partial charge in [0.05, 0.1) is 15.9 Å². The third-order valence-corrected chi connectivity index (χ3v) is 6.45. The average Bonchev–Trinajstić information content (AvgIpc) is 2.68. The fourth-order valence-corrected chi connectivity index (χ4v) is 4.37. The molecule has 1 aliphatic heterocycles. The Balaban J connectivity index is 2.10. The summed E-state index contributed by atoms with van der Waals surface area (Å²) in [6, 6.07) is 14.1. The van der Waals surface area contributed by atoms with Gasteiger partial charge in [-0.25, -0.2) is 13.1 Å². The summed E-state index contributed by atoms with van der Waals surface area (Å²) < 4.78 is 26.3. The van der Waals surface area contributed by atoms with E-state index in [1.807, 2.05) is 35.2 Å². The zero-order valence-corrected chi connectivity index (χ0v) is 16.1. The minimum absolute atomic E-state index is 0.0212. The molecule has 0 aliphatic carbocycles. The van der Waals surface area contributed by atoms with Gasteiger partial charge in [0, 0.05) is 12.6 Å². The Hall–Kier alpha value is -2.45. The highest BCUT2D eigenvalue weighted by Crippen LogP contribution is 2.41. The summed E-state index contributed by atoms with van der Waals surface area (Å²) >= 11 is 0. The number of nitrogens with one attached hydrogen (secondary N) is 1. The van der Waals surface area contributed by atoms with E-state index in [1.54, 1.807) is 6.07 Å². The normalized spacial score (nSPS) is 20.4. The largest absolute Gasteiger partial charge is 0.359 e. The molecule has 0 saturated carbocycles. The van der Waals surface area contributed by atoms with Gasteiger partial charge >= 0.3 is 0 Å². The van der Waals surface area contributed by atoms with Crippen molar-refractivity contribution in [3.63, 3.8) is 0 Å².